The number of imidazole rings is 1. The van der Waals surface area contributed by atoms with Gasteiger partial charge >= 0.3 is 0 Å². The molecule has 2 heterocycles. The third kappa shape index (κ3) is 3.98. The molecule has 0 spiro atoms. The van der Waals surface area contributed by atoms with Crippen LogP contribution in [0.25, 0.3) is 5.69 Å². The van der Waals surface area contributed by atoms with Crippen molar-refractivity contribution in [2.45, 2.75) is 25.4 Å². The Morgan fingerprint density at radius 2 is 2.08 bits per heavy atom. The lowest BCUT2D eigenvalue weighted by Crippen LogP contribution is -2.43. The first-order valence-electron chi connectivity index (χ1n) is 8.23. The van der Waals surface area contributed by atoms with Crippen LogP contribution in [0.2, 0.25) is 0 Å². The minimum atomic E-state index is -0.287. The van der Waals surface area contributed by atoms with Crippen molar-refractivity contribution < 1.29 is 9.18 Å². The molecule has 0 radical (unpaired) electrons. The summed E-state index contributed by atoms with van der Waals surface area (Å²) in [4.78, 5) is 18.8. The van der Waals surface area contributed by atoms with E-state index in [0.717, 1.165) is 13.1 Å². The molecule has 6 heteroatoms. The van der Waals surface area contributed by atoms with E-state index in [1.807, 2.05) is 15.5 Å². The molecule has 24 heavy (non-hydrogen) atoms. The van der Waals surface area contributed by atoms with E-state index in [1.54, 1.807) is 18.5 Å². The molecule has 0 bridgehead atoms. The predicted octanol–water partition coefficient (Wildman–Crippen LogP) is 3.61. The summed E-state index contributed by atoms with van der Waals surface area (Å²) in [5.74, 6) is 1.32. The average Bonchev–Trinajstić information content (AvgIpc) is 3.00. The van der Waals surface area contributed by atoms with E-state index in [4.69, 9.17) is 0 Å². The minimum Gasteiger partial charge on any atom is -0.341 e. The Morgan fingerprint density at radius 1 is 1.33 bits per heavy atom. The molecule has 3 rings (SSSR count). The maximum Gasteiger partial charge on any atom is 0.233 e. The van der Waals surface area contributed by atoms with Crippen LogP contribution in [0.3, 0.4) is 0 Å². The largest absolute Gasteiger partial charge is 0.341 e. The zero-order chi connectivity index (χ0) is 17.1. The number of rotatable bonds is 4. The number of halogens is 1. The number of thioether (sulfide) groups is 1. The van der Waals surface area contributed by atoms with Gasteiger partial charge in [-0.1, -0.05) is 31.7 Å². The van der Waals surface area contributed by atoms with Crippen molar-refractivity contribution in [1.82, 2.24) is 14.5 Å². The van der Waals surface area contributed by atoms with Crippen molar-refractivity contribution in [3.63, 3.8) is 0 Å². The monoisotopic (exact) mass is 347 g/mol. The van der Waals surface area contributed by atoms with Crippen LogP contribution in [0.15, 0.2) is 41.8 Å². The lowest BCUT2D eigenvalue weighted by molar-refractivity contribution is -0.130. The molecule has 1 aromatic heterocycles. The van der Waals surface area contributed by atoms with Gasteiger partial charge in [0.1, 0.15) is 5.82 Å². The third-order valence-electron chi connectivity index (χ3n) is 4.24. The highest BCUT2D eigenvalue weighted by Gasteiger charge is 2.25. The van der Waals surface area contributed by atoms with E-state index in [9.17, 15) is 9.18 Å². The normalized spacial score (nSPS) is 21.0. The molecule has 1 fully saturated rings. The maximum atomic E-state index is 13.4. The molecular formula is C18H22FN3OS. The van der Waals surface area contributed by atoms with Crippen LogP contribution in [-0.4, -0.2) is 39.2 Å². The van der Waals surface area contributed by atoms with Crippen molar-refractivity contribution in [2.24, 2.45) is 11.8 Å². The number of piperidine rings is 1. The first kappa shape index (κ1) is 17.0. The van der Waals surface area contributed by atoms with Crippen molar-refractivity contribution in [2.75, 3.05) is 18.8 Å². The van der Waals surface area contributed by atoms with Gasteiger partial charge in [0, 0.05) is 25.5 Å². The molecule has 0 aliphatic carbocycles. The Bertz CT molecular complexity index is 708. The molecule has 1 aromatic carbocycles. The Kier molecular flexibility index (Phi) is 5.23. The Balaban J connectivity index is 1.65. The lowest BCUT2D eigenvalue weighted by atomic mass is 9.92. The fraction of sp³-hybridized carbons (Fsp3) is 0.444. The summed E-state index contributed by atoms with van der Waals surface area (Å²) in [5, 5.41) is 0.701. The van der Waals surface area contributed by atoms with Gasteiger partial charge in [0.15, 0.2) is 5.16 Å². The van der Waals surface area contributed by atoms with E-state index in [-0.39, 0.29) is 11.7 Å². The minimum absolute atomic E-state index is 0.146. The number of nitrogens with zero attached hydrogens (tertiary/aromatic N) is 3. The van der Waals surface area contributed by atoms with Gasteiger partial charge in [-0.25, -0.2) is 9.37 Å². The lowest BCUT2D eigenvalue weighted by Gasteiger charge is -2.35. The summed E-state index contributed by atoms with van der Waals surface area (Å²) in [7, 11) is 0. The molecule has 1 aliphatic rings. The molecule has 2 atom stereocenters. The summed E-state index contributed by atoms with van der Waals surface area (Å²) >= 11 is 1.40. The van der Waals surface area contributed by atoms with Gasteiger partial charge in [0.05, 0.1) is 11.4 Å². The Morgan fingerprint density at radius 3 is 2.79 bits per heavy atom. The number of hydrogen-bond donors (Lipinski definition) is 0. The fourth-order valence-corrected chi connectivity index (χ4v) is 4.18. The van der Waals surface area contributed by atoms with E-state index >= 15 is 0 Å². The Hall–Kier alpha value is -1.82. The van der Waals surface area contributed by atoms with Crippen molar-refractivity contribution in [3.8, 4) is 5.69 Å². The Labute approximate surface area is 146 Å². The number of aromatic nitrogens is 2. The topological polar surface area (TPSA) is 38.1 Å². The fourth-order valence-electron chi connectivity index (χ4n) is 3.30. The number of likely N-dealkylation sites (tertiary alicyclic amines) is 1. The van der Waals surface area contributed by atoms with Crippen LogP contribution in [0, 0.1) is 17.7 Å². The molecule has 128 valence electrons. The van der Waals surface area contributed by atoms with Crippen LogP contribution >= 0.6 is 11.8 Å². The first-order valence-corrected chi connectivity index (χ1v) is 9.21. The van der Waals surface area contributed by atoms with E-state index < -0.39 is 0 Å². The zero-order valence-corrected chi connectivity index (χ0v) is 14.8. The van der Waals surface area contributed by atoms with Gasteiger partial charge in [-0.2, -0.15) is 0 Å². The zero-order valence-electron chi connectivity index (χ0n) is 14.0. The molecule has 1 amide bonds. The number of amides is 1. The highest BCUT2D eigenvalue weighted by atomic mass is 32.2. The van der Waals surface area contributed by atoms with E-state index in [1.165, 1.54) is 30.3 Å². The number of hydrogen-bond acceptors (Lipinski definition) is 3. The molecule has 2 aromatic rings. The van der Waals surface area contributed by atoms with Gasteiger partial charge in [-0.3, -0.25) is 9.36 Å². The average molecular weight is 347 g/mol. The molecular weight excluding hydrogens is 325 g/mol. The second-order valence-corrected chi connectivity index (χ2v) is 7.54. The maximum absolute atomic E-state index is 13.4. The highest BCUT2D eigenvalue weighted by molar-refractivity contribution is 7.99. The van der Waals surface area contributed by atoms with Crippen molar-refractivity contribution in [1.29, 1.82) is 0 Å². The molecule has 1 aliphatic heterocycles. The van der Waals surface area contributed by atoms with Crippen LogP contribution in [-0.2, 0) is 4.79 Å². The van der Waals surface area contributed by atoms with Gasteiger partial charge in [-0.05, 0) is 36.5 Å². The smallest absolute Gasteiger partial charge is 0.233 e. The third-order valence-corrected chi connectivity index (χ3v) is 5.19. The van der Waals surface area contributed by atoms with Crippen LogP contribution in [0.5, 0.6) is 0 Å². The van der Waals surface area contributed by atoms with Gasteiger partial charge < -0.3 is 4.90 Å². The summed E-state index contributed by atoms with van der Waals surface area (Å²) in [6.45, 7) is 6.06. The highest BCUT2D eigenvalue weighted by Crippen LogP contribution is 2.24. The van der Waals surface area contributed by atoms with Crippen LogP contribution < -0.4 is 0 Å². The molecule has 2 unspecified atom stereocenters. The van der Waals surface area contributed by atoms with Crippen LogP contribution in [0.4, 0.5) is 4.39 Å². The van der Waals surface area contributed by atoms with Gasteiger partial charge in [0.25, 0.3) is 0 Å². The second kappa shape index (κ2) is 7.38. The van der Waals surface area contributed by atoms with Crippen molar-refractivity contribution in [3.05, 3.63) is 42.5 Å². The summed E-state index contributed by atoms with van der Waals surface area (Å²) < 4.78 is 15.2. The van der Waals surface area contributed by atoms with E-state index in [0.29, 0.717) is 28.4 Å². The van der Waals surface area contributed by atoms with Crippen molar-refractivity contribution >= 4 is 17.7 Å². The quantitative estimate of drug-likeness (QED) is 0.793. The van der Waals surface area contributed by atoms with E-state index in [2.05, 4.69) is 18.8 Å². The standard InChI is InChI=1S/C18H22FN3OS/c1-13-8-14(2)11-21(10-13)17(23)12-24-18-20-6-7-22(18)16-5-3-4-15(19)9-16/h3-7,9,13-14H,8,10-12H2,1-2H3. The molecule has 0 saturated carbocycles. The first-order chi connectivity index (χ1) is 11.5. The summed E-state index contributed by atoms with van der Waals surface area (Å²) in [5.41, 5.74) is 0.711. The molecule has 1 saturated heterocycles. The second-order valence-electron chi connectivity index (χ2n) is 6.59. The van der Waals surface area contributed by atoms with Gasteiger partial charge in [0.2, 0.25) is 5.91 Å². The summed E-state index contributed by atoms with van der Waals surface area (Å²) in [6, 6.07) is 6.36. The van der Waals surface area contributed by atoms with Crippen LogP contribution in [0.1, 0.15) is 20.3 Å². The SMILES string of the molecule is CC1CC(C)CN(C(=O)CSc2nccn2-c2cccc(F)c2)C1. The summed E-state index contributed by atoms with van der Waals surface area (Å²) in [6.07, 6.45) is 4.64. The van der Waals surface area contributed by atoms with Gasteiger partial charge in [-0.15, -0.1) is 0 Å². The number of carbonyl (C=O) groups is 1. The molecule has 4 nitrogen and oxygen atoms in total. The predicted molar refractivity (Wildman–Crippen MR) is 93.8 cm³/mol. The molecule has 0 N–H and O–H groups in total. The number of benzene rings is 1. The number of carbonyl (C=O) groups excluding carboxylic acids is 1.